The fourth-order valence-corrected chi connectivity index (χ4v) is 13.7. The topological polar surface area (TPSA) is 158 Å². The molecular formula is C59H68F2N12O5. The van der Waals surface area contributed by atoms with Gasteiger partial charge in [-0.3, -0.25) is 33.6 Å². The second-order valence-corrected chi connectivity index (χ2v) is 22.2. The molecule has 5 unspecified atom stereocenters. The van der Waals surface area contributed by atoms with E-state index in [1.165, 1.54) is 32.4 Å². The molecule has 2 amide bonds. The summed E-state index contributed by atoms with van der Waals surface area (Å²) in [6.45, 7) is 13.3. The lowest BCUT2D eigenvalue weighted by Gasteiger charge is -2.42. The molecule has 2 bridgehead atoms. The van der Waals surface area contributed by atoms with E-state index in [0.29, 0.717) is 76.9 Å². The fraction of sp³-hybridized carbons (Fsp3) is 0.492. The molecule has 78 heavy (non-hydrogen) atoms. The normalized spacial score (nSPS) is 24.1. The summed E-state index contributed by atoms with van der Waals surface area (Å²) in [4.78, 5) is 63.9. The Morgan fingerprint density at radius 3 is 2.42 bits per heavy atom. The van der Waals surface area contributed by atoms with Gasteiger partial charge in [0.1, 0.15) is 35.5 Å². The summed E-state index contributed by atoms with van der Waals surface area (Å²) in [5, 5.41) is 8.06. The molecule has 17 nitrogen and oxygen atoms in total. The number of allylic oxidation sites excluding steroid dienone is 1. The number of benzene rings is 3. The number of ether oxygens (including phenoxy) is 2. The van der Waals surface area contributed by atoms with Gasteiger partial charge < -0.3 is 29.9 Å². The number of terminal acetylenes is 1. The van der Waals surface area contributed by atoms with Gasteiger partial charge in [0, 0.05) is 119 Å². The van der Waals surface area contributed by atoms with Crippen molar-refractivity contribution in [3.05, 3.63) is 100 Å². The second-order valence-electron chi connectivity index (χ2n) is 22.2. The number of fused-ring (bicyclic) bond motifs is 6. The number of hydrogen-bond donors (Lipinski definition) is 2. The first-order valence-corrected chi connectivity index (χ1v) is 27.8. The van der Waals surface area contributed by atoms with Crippen molar-refractivity contribution in [2.45, 2.75) is 107 Å². The van der Waals surface area contributed by atoms with Crippen molar-refractivity contribution in [1.82, 2.24) is 54.3 Å². The Hall–Kier alpha value is -6.98. The van der Waals surface area contributed by atoms with Crippen LogP contribution < -0.4 is 26.0 Å². The minimum absolute atomic E-state index is 0.0484. The van der Waals surface area contributed by atoms with Gasteiger partial charge in [0.25, 0.3) is 0 Å². The molecule has 408 valence electrons. The number of piperazine rings is 2. The van der Waals surface area contributed by atoms with Gasteiger partial charge in [-0.05, 0) is 93.8 Å². The number of anilines is 1. The smallest absolute Gasteiger partial charge is 0.409 e. The molecule has 0 saturated carbocycles. The van der Waals surface area contributed by atoms with Gasteiger partial charge >= 0.3 is 17.8 Å². The van der Waals surface area contributed by atoms with Crippen molar-refractivity contribution in [2.75, 3.05) is 77.5 Å². The molecule has 3 aromatic carbocycles. The Bertz CT molecular complexity index is 3400. The summed E-state index contributed by atoms with van der Waals surface area (Å²) in [6.07, 6.45) is 17.5. The highest BCUT2D eigenvalue weighted by atomic mass is 19.1. The molecule has 0 aliphatic carbocycles. The summed E-state index contributed by atoms with van der Waals surface area (Å²) >= 11 is 0. The molecule has 7 aliphatic rings. The first-order chi connectivity index (χ1) is 37.9. The number of halogens is 2. The molecule has 6 aromatic rings. The monoisotopic (exact) mass is 1060 g/mol. The van der Waals surface area contributed by atoms with E-state index in [1.54, 1.807) is 39.6 Å². The number of hydrogen-bond acceptors (Lipinski definition) is 13. The van der Waals surface area contributed by atoms with E-state index in [1.807, 2.05) is 24.1 Å². The Balaban J connectivity index is 0.000000161. The molecule has 5 atom stereocenters. The van der Waals surface area contributed by atoms with Crippen LogP contribution in [-0.4, -0.2) is 159 Å². The summed E-state index contributed by atoms with van der Waals surface area (Å²) < 4.78 is 45.0. The summed E-state index contributed by atoms with van der Waals surface area (Å²) in [5.74, 6) is 1.68. The van der Waals surface area contributed by atoms with Crippen LogP contribution in [0.1, 0.15) is 81.4 Å². The number of piperidine rings is 2. The standard InChI is InChI=1S/C33H47N7O4.C26H21F2N5O/c1-23-8-11-29(31(41)34-23)40-28-7-3-5-24(30(28)35(2)32(40)42)21-36-17-19-37(20-18-36)25-12-15-38(16-13-25)33(43)44-22-27-10-9-26-6-4-14-39(26)27;1-3-17-20(27)10-7-14-5-4-6-18(21(14)17)23-22(28)24-19(11-29-23)25(32-26(31-24)34-2)33-12-15-8-9-16(13-33)30-15/h3,5,7,25-27,29H,1,4,6,8-22H2,2H3,(H,34,41);1,4-7,10-11,15-16,30H,8-9,12-13H2,2H3. The highest BCUT2D eigenvalue weighted by Gasteiger charge is 2.39. The number of amides is 2. The van der Waals surface area contributed by atoms with Crippen LogP contribution in [0.5, 0.6) is 6.01 Å². The summed E-state index contributed by atoms with van der Waals surface area (Å²) in [6, 6.07) is 16.2. The highest BCUT2D eigenvalue weighted by Crippen LogP contribution is 2.38. The maximum atomic E-state index is 16.1. The lowest BCUT2D eigenvalue weighted by atomic mass is 9.96. The van der Waals surface area contributed by atoms with Gasteiger partial charge in [0.15, 0.2) is 5.82 Å². The van der Waals surface area contributed by atoms with Crippen LogP contribution in [0.3, 0.4) is 0 Å². The van der Waals surface area contributed by atoms with Crippen molar-refractivity contribution in [2.24, 2.45) is 7.05 Å². The number of para-hydroxylation sites is 1. The predicted molar refractivity (Wildman–Crippen MR) is 295 cm³/mol. The number of carbonyl (C=O) groups is 2. The van der Waals surface area contributed by atoms with E-state index >= 15 is 4.39 Å². The van der Waals surface area contributed by atoms with Crippen molar-refractivity contribution in [3.63, 3.8) is 0 Å². The number of aryl methyl sites for hydroxylation is 1. The van der Waals surface area contributed by atoms with E-state index in [4.69, 9.17) is 15.9 Å². The quantitative estimate of drug-likeness (QED) is 0.148. The van der Waals surface area contributed by atoms with E-state index < -0.39 is 17.7 Å². The van der Waals surface area contributed by atoms with Crippen LogP contribution in [-0.2, 0) is 23.1 Å². The Labute approximate surface area is 452 Å². The Morgan fingerprint density at radius 2 is 1.67 bits per heavy atom. The molecule has 7 fully saturated rings. The van der Waals surface area contributed by atoms with Gasteiger partial charge in [-0.2, -0.15) is 9.97 Å². The zero-order valence-corrected chi connectivity index (χ0v) is 44.6. The highest BCUT2D eigenvalue weighted by molar-refractivity contribution is 6.02. The molecule has 7 aliphatic heterocycles. The molecule has 0 spiro atoms. The number of methoxy groups -OCH3 is 1. The van der Waals surface area contributed by atoms with Gasteiger partial charge in [0.2, 0.25) is 5.91 Å². The van der Waals surface area contributed by atoms with Crippen molar-refractivity contribution < 1.29 is 27.8 Å². The van der Waals surface area contributed by atoms with E-state index in [-0.39, 0.29) is 40.5 Å². The zero-order valence-electron chi connectivity index (χ0n) is 44.6. The minimum atomic E-state index is -0.628. The van der Waals surface area contributed by atoms with E-state index in [0.717, 1.165) is 120 Å². The van der Waals surface area contributed by atoms with Crippen LogP contribution in [0.4, 0.5) is 19.4 Å². The van der Waals surface area contributed by atoms with Gasteiger partial charge in [-0.25, -0.2) is 18.4 Å². The number of carbonyl (C=O) groups excluding carboxylic acids is 2. The van der Waals surface area contributed by atoms with Crippen LogP contribution in [0, 0.1) is 24.0 Å². The lowest BCUT2D eigenvalue weighted by Crippen LogP contribution is -2.53. The predicted octanol–water partition coefficient (Wildman–Crippen LogP) is 6.70. The molecule has 10 heterocycles. The number of nitrogens with one attached hydrogen (secondary N) is 2. The third-order valence-electron chi connectivity index (χ3n) is 17.7. The first kappa shape index (κ1) is 51.8. The molecule has 19 heteroatoms. The first-order valence-electron chi connectivity index (χ1n) is 27.8. The third kappa shape index (κ3) is 9.75. The average Bonchev–Trinajstić information content (AvgIpc) is 4.36. The number of nitrogens with zero attached hydrogens (tertiary/aromatic N) is 10. The van der Waals surface area contributed by atoms with Gasteiger partial charge in [0.05, 0.1) is 29.1 Å². The van der Waals surface area contributed by atoms with Crippen LogP contribution >= 0.6 is 0 Å². The average molecular weight is 1060 g/mol. The molecule has 13 rings (SSSR count). The molecule has 2 N–H and O–H groups in total. The maximum Gasteiger partial charge on any atom is 0.409 e. The molecular weight excluding hydrogens is 995 g/mol. The largest absolute Gasteiger partial charge is 0.467 e. The lowest BCUT2D eigenvalue weighted by molar-refractivity contribution is -0.124. The van der Waals surface area contributed by atoms with Gasteiger partial charge in [-0.1, -0.05) is 48.9 Å². The number of imidazole rings is 1. The molecule has 0 radical (unpaired) electrons. The SMILES string of the molecule is C#Cc1c(F)ccc2cccc(-c3ncc4c(N5CC6CCC(C5)N6)nc(OC)nc4c3F)c12.C=C1CCC(n2c(=O)n(C)c3c(CN4CCN(C5CCN(C(=O)OCC6CCC7CCCN76)CC5)CC4)cccc32)C(=O)N1. The third-order valence-corrected chi connectivity index (χ3v) is 17.7. The Kier molecular flexibility index (Phi) is 14.4. The number of likely N-dealkylation sites (tertiary alicyclic amines) is 1. The van der Waals surface area contributed by atoms with Crippen molar-refractivity contribution in [3.8, 4) is 29.6 Å². The van der Waals surface area contributed by atoms with Crippen molar-refractivity contribution >= 4 is 50.5 Å². The van der Waals surface area contributed by atoms with Crippen molar-refractivity contribution in [1.29, 1.82) is 0 Å². The summed E-state index contributed by atoms with van der Waals surface area (Å²) in [5.41, 5.74) is 4.02. The molecule has 3 aromatic heterocycles. The summed E-state index contributed by atoms with van der Waals surface area (Å²) in [7, 11) is 3.26. The van der Waals surface area contributed by atoms with Crippen LogP contribution in [0.2, 0.25) is 0 Å². The van der Waals surface area contributed by atoms with Crippen LogP contribution in [0.25, 0.3) is 44.0 Å². The zero-order chi connectivity index (χ0) is 53.8. The number of rotatable bonds is 9. The van der Waals surface area contributed by atoms with Crippen LogP contribution in [0.15, 0.2) is 71.8 Å². The number of pyridine rings is 1. The maximum absolute atomic E-state index is 16.1. The number of aromatic nitrogens is 5. The van der Waals surface area contributed by atoms with E-state index in [9.17, 15) is 18.8 Å². The second kappa shape index (κ2) is 21.7. The minimum Gasteiger partial charge on any atom is -0.467 e. The molecule has 7 saturated heterocycles. The van der Waals surface area contributed by atoms with Gasteiger partial charge in [-0.15, -0.1) is 6.42 Å². The Morgan fingerprint density at radius 1 is 0.885 bits per heavy atom. The van der Waals surface area contributed by atoms with E-state index in [2.05, 4.69) is 63.8 Å². The fourth-order valence-electron chi connectivity index (χ4n) is 13.7.